The first kappa shape index (κ1) is 9.71. The number of hydrogen-bond acceptors (Lipinski definition) is 3. The van der Waals surface area contributed by atoms with Gasteiger partial charge in [-0.3, -0.25) is 4.79 Å². The van der Waals surface area contributed by atoms with Gasteiger partial charge in [-0.1, -0.05) is 0 Å². The third-order valence-corrected chi connectivity index (χ3v) is 2.33. The molecular formula is C11H12N2O2. The lowest BCUT2D eigenvalue weighted by atomic mass is 10.1. The molecule has 0 spiro atoms. The second kappa shape index (κ2) is 3.38. The SMILES string of the molecule is COc1cc(C)c2nc(C)[nH]c(=O)c2c1. The zero-order chi connectivity index (χ0) is 11.0. The molecule has 0 aliphatic rings. The van der Waals surface area contributed by atoms with Crippen LogP contribution in [0.4, 0.5) is 0 Å². The molecule has 15 heavy (non-hydrogen) atoms. The van der Waals surface area contributed by atoms with Gasteiger partial charge >= 0.3 is 0 Å². The van der Waals surface area contributed by atoms with Gasteiger partial charge < -0.3 is 9.72 Å². The van der Waals surface area contributed by atoms with E-state index in [0.717, 1.165) is 11.1 Å². The summed E-state index contributed by atoms with van der Waals surface area (Å²) in [6.07, 6.45) is 0. The Balaban J connectivity index is 2.91. The summed E-state index contributed by atoms with van der Waals surface area (Å²) >= 11 is 0. The number of fused-ring (bicyclic) bond motifs is 1. The molecule has 0 unspecified atom stereocenters. The number of aryl methyl sites for hydroxylation is 2. The molecule has 0 aliphatic heterocycles. The smallest absolute Gasteiger partial charge is 0.258 e. The highest BCUT2D eigenvalue weighted by atomic mass is 16.5. The molecule has 0 fully saturated rings. The first-order valence-corrected chi connectivity index (χ1v) is 4.67. The van der Waals surface area contributed by atoms with Crippen LogP contribution in [0.3, 0.4) is 0 Å². The maximum absolute atomic E-state index is 11.7. The van der Waals surface area contributed by atoms with Gasteiger partial charge in [-0.15, -0.1) is 0 Å². The topological polar surface area (TPSA) is 55.0 Å². The van der Waals surface area contributed by atoms with Crippen molar-refractivity contribution < 1.29 is 4.74 Å². The van der Waals surface area contributed by atoms with Crippen LogP contribution in [-0.2, 0) is 0 Å². The summed E-state index contributed by atoms with van der Waals surface area (Å²) < 4.78 is 5.11. The Bertz CT molecular complexity index is 573. The quantitative estimate of drug-likeness (QED) is 0.766. The van der Waals surface area contributed by atoms with Crippen LogP contribution in [0.5, 0.6) is 5.75 Å². The fraction of sp³-hybridized carbons (Fsp3) is 0.273. The van der Waals surface area contributed by atoms with Crippen LogP contribution in [0.15, 0.2) is 16.9 Å². The molecule has 1 aromatic carbocycles. The van der Waals surface area contributed by atoms with Crippen molar-refractivity contribution in [1.29, 1.82) is 0 Å². The third kappa shape index (κ3) is 1.58. The molecule has 0 bridgehead atoms. The van der Waals surface area contributed by atoms with Gasteiger partial charge in [0.05, 0.1) is 18.0 Å². The lowest BCUT2D eigenvalue weighted by molar-refractivity contribution is 0.415. The Morgan fingerprint density at radius 1 is 1.33 bits per heavy atom. The van der Waals surface area contributed by atoms with E-state index in [1.165, 1.54) is 0 Å². The molecular weight excluding hydrogens is 192 g/mol. The molecule has 2 aromatic rings. The largest absolute Gasteiger partial charge is 0.497 e. The normalized spacial score (nSPS) is 10.6. The van der Waals surface area contributed by atoms with Crippen LogP contribution in [0.1, 0.15) is 11.4 Å². The van der Waals surface area contributed by atoms with Gasteiger partial charge in [0.2, 0.25) is 0 Å². The van der Waals surface area contributed by atoms with Crippen molar-refractivity contribution in [2.24, 2.45) is 0 Å². The Morgan fingerprint density at radius 3 is 2.73 bits per heavy atom. The zero-order valence-electron chi connectivity index (χ0n) is 8.92. The minimum Gasteiger partial charge on any atom is -0.497 e. The van der Waals surface area contributed by atoms with Crippen molar-refractivity contribution in [2.75, 3.05) is 7.11 Å². The number of hydrogen-bond donors (Lipinski definition) is 1. The van der Waals surface area contributed by atoms with Crippen molar-refractivity contribution in [2.45, 2.75) is 13.8 Å². The number of nitrogens with zero attached hydrogens (tertiary/aromatic N) is 1. The van der Waals surface area contributed by atoms with Crippen molar-refractivity contribution in [1.82, 2.24) is 9.97 Å². The molecule has 0 saturated carbocycles. The van der Waals surface area contributed by atoms with E-state index in [0.29, 0.717) is 17.0 Å². The first-order valence-electron chi connectivity index (χ1n) is 4.67. The summed E-state index contributed by atoms with van der Waals surface area (Å²) in [7, 11) is 1.58. The lowest BCUT2D eigenvalue weighted by Gasteiger charge is -2.05. The summed E-state index contributed by atoms with van der Waals surface area (Å²) in [6.45, 7) is 3.68. The van der Waals surface area contributed by atoms with Crippen molar-refractivity contribution in [3.63, 3.8) is 0 Å². The highest BCUT2D eigenvalue weighted by Gasteiger charge is 2.06. The Kier molecular flexibility index (Phi) is 2.19. The van der Waals surface area contributed by atoms with E-state index < -0.39 is 0 Å². The van der Waals surface area contributed by atoms with Gasteiger partial charge in [0, 0.05) is 0 Å². The molecule has 4 heteroatoms. The molecule has 2 rings (SSSR count). The Morgan fingerprint density at radius 2 is 2.07 bits per heavy atom. The third-order valence-electron chi connectivity index (χ3n) is 2.33. The van der Waals surface area contributed by atoms with Crippen LogP contribution in [0.2, 0.25) is 0 Å². The summed E-state index contributed by atoms with van der Waals surface area (Å²) in [6, 6.07) is 3.57. The predicted molar refractivity (Wildman–Crippen MR) is 58.4 cm³/mol. The molecule has 1 heterocycles. The summed E-state index contributed by atoms with van der Waals surface area (Å²) in [5.74, 6) is 1.30. The first-order chi connectivity index (χ1) is 7.11. The summed E-state index contributed by atoms with van der Waals surface area (Å²) in [4.78, 5) is 18.6. The van der Waals surface area contributed by atoms with E-state index in [-0.39, 0.29) is 5.56 Å². The lowest BCUT2D eigenvalue weighted by Crippen LogP contribution is -2.10. The summed E-state index contributed by atoms with van der Waals surface area (Å²) in [5, 5.41) is 0.567. The predicted octanol–water partition coefficient (Wildman–Crippen LogP) is 1.55. The van der Waals surface area contributed by atoms with Gasteiger partial charge in [-0.05, 0) is 31.5 Å². The van der Waals surface area contributed by atoms with Gasteiger partial charge in [0.1, 0.15) is 11.6 Å². The fourth-order valence-corrected chi connectivity index (χ4v) is 1.61. The van der Waals surface area contributed by atoms with E-state index in [4.69, 9.17) is 4.74 Å². The van der Waals surface area contributed by atoms with E-state index in [1.807, 2.05) is 13.0 Å². The van der Waals surface area contributed by atoms with Crippen molar-refractivity contribution >= 4 is 10.9 Å². The number of benzene rings is 1. The monoisotopic (exact) mass is 204 g/mol. The fourth-order valence-electron chi connectivity index (χ4n) is 1.61. The second-order valence-corrected chi connectivity index (χ2v) is 3.49. The van der Waals surface area contributed by atoms with Gasteiger partial charge in [0.25, 0.3) is 5.56 Å². The van der Waals surface area contributed by atoms with Gasteiger partial charge in [-0.25, -0.2) is 4.98 Å². The van der Waals surface area contributed by atoms with Crippen LogP contribution < -0.4 is 10.3 Å². The van der Waals surface area contributed by atoms with E-state index >= 15 is 0 Å². The van der Waals surface area contributed by atoms with Gasteiger partial charge in [0.15, 0.2) is 0 Å². The average Bonchev–Trinajstić information content (AvgIpc) is 2.19. The molecule has 0 saturated heterocycles. The maximum Gasteiger partial charge on any atom is 0.258 e. The number of aromatic nitrogens is 2. The number of ether oxygens (including phenoxy) is 1. The van der Waals surface area contributed by atoms with Crippen LogP contribution in [0.25, 0.3) is 10.9 Å². The number of H-pyrrole nitrogens is 1. The number of nitrogens with one attached hydrogen (secondary N) is 1. The molecule has 0 amide bonds. The second-order valence-electron chi connectivity index (χ2n) is 3.49. The van der Waals surface area contributed by atoms with E-state index in [9.17, 15) is 4.79 Å². The molecule has 1 N–H and O–H groups in total. The van der Waals surface area contributed by atoms with Gasteiger partial charge in [-0.2, -0.15) is 0 Å². The molecule has 0 atom stereocenters. The minimum atomic E-state index is -0.125. The molecule has 1 aromatic heterocycles. The van der Waals surface area contributed by atoms with Crippen LogP contribution in [0, 0.1) is 13.8 Å². The standard InChI is InChI=1S/C11H12N2O2/c1-6-4-8(15-3)5-9-10(6)12-7(2)13-11(9)14/h4-5H,1-3H3,(H,12,13,14). The highest BCUT2D eigenvalue weighted by molar-refractivity contribution is 5.82. The van der Waals surface area contributed by atoms with Crippen LogP contribution in [-0.4, -0.2) is 17.1 Å². The number of aromatic amines is 1. The minimum absolute atomic E-state index is 0.125. The average molecular weight is 204 g/mol. The van der Waals surface area contributed by atoms with Crippen molar-refractivity contribution in [3.8, 4) is 5.75 Å². The maximum atomic E-state index is 11.7. The van der Waals surface area contributed by atoms with E-state index in [2.05, 4.69) is 9.97 Å². The molecule has 0 radical (unpaired) electrons. The highest BCUT2D eigenvalue weighted by Crippen LogP contribution is 2.20. The zero-order valence-corrected chi connectivity index (χ0v) is 8.92. The Hall–Kier alpha value is -1.84. The van der Waals surface area contributed by atoms with E-state index in [1.54, 1.807) is 20.1 Å². The number of rotatable bonds is 1. The number of methoxy groups -OCH3 is 1. The summed E-state index contributed by atoms with van der Waals surface area (Å²) in [5.41, 5.74) is 1.55. The molecule has 0 aliphatic carbocycles. The molecule has 78 valence electrons. The molecule has 4 nitrogen and oxygen atoms in total. The van der Waals surface area contributed by atoms with Crippen LogP contribution >= 0.6 is 0 Å². The Labute approximate surface area is 86.9 Å². The van der Waals surface area contributed by atoms with Crippen molar-refractivity contribution in [3.05, 3.63) is 33.9 Å².